The van der Waals surface area contributed by atoms with Crippen LogP contribution in [0.25, 0.3) is 0 Å². The van der Waals surface area contributed by atoms with Crippen LogP contribution in [0.5, 0.6) is 0 Å². The third-order valence-corrected chi connectivity index (χ3v) is 7.27. The third kappa shape index (κ3) is 4.08. The van der Waals surface area contributed by atoms with E-state index in [1.54, 1.807) is 19.0 Å². The maximum atomic E-state index is 12.7. The number of amides is 3. The van der Waals surface area contributed by atoms with Crippen LogP contribution in [0, 0.1) is 0 Å². The molecule has 0 bridgehead atoms. The molecule has 0 aromatic rings. The Balaban J connectivity index is 1.71. The number of urea groups is 1. The van der Waals surface area contributed by atoms with Crippen molar-refractivity contribution in [2.45, 2.75) is 43.8 Å². The Labute approximate surface area is 149 Å². The largest absolute Gasteiger partial charge is 0.348 e. The van der Waals surface area contributed by atoms with Crippen molar-refractivity contribution < 1.29 is 18.0 Å². The van der Waals surface area contributed by atoms with Crippen LogP contribution < -0.4 is 5.32 Å². The summed E-state index contributed by atoms with van der Waals surface area (Å²) in [7, 11) is 0.182. The highest BCUT2D eigenvalue weighted by atomic mass is 32.2. The summed E-state index contributed by atoms with van der Waals surface area (Å²) in [6.45, 7) is 1.17. The molecule has 2 aliphatic heterocycles. The molecule has 25 heavy (non-hydrogen) atoms. The van der Waals surface area contributed by atoms with Crippen molar-refractivity contribution in [1.82, 2.24) is 20.0 Å². The first-order valence-corrected chi connectivity index (χ1v) is 10.8. The molecule has 1 aliphatic carbocycles. The lowest BCUT2D eigenvalue weighted by atomic mass is 10.0. The van der Waals surface area contributed by atoms with Crippen LogP contribution in [-0.4, -0.2) is 98.4 Å². The van der Waals surface area contributed by atoms with Crippen LogP contribution in [0.15, 0.2) is 0 Å². The van der Waals surface area contributed by atoms with E-state index in [0.717, 1.165) is 25.7 Å². The standard InChI is InChI=1S/C16H28N4O4S/c1-18(2)15(21)9-19-7-8-20(14-11-25(23,24)10-13(14)19)16(22)17-12-5-3-4-6-12/h12-14H,3-11H2,1-2H3,(H,17,22)/t13-,14+/m0/s1. The van der Waals surface area contributed by atoms with Crippen molar-refractivity contribution in [3.63, 3.8) is 0 Å². The van der Waals surface area contributed by atoms with Gasteiger partial charge in [0, 0.05) is 39.3 Å². The number of fused-ring (bicyclic) bond motifs is 1. The van der Waals surface area contributed by atoms with E-state index in [-0.39, 0.29) is 48.1 Å². The molecule has 0 unspecified atom stereocenters. The number of carbonyl (C=O) groups is 2. The van der Waals surface area contributed by atoms with Crippen molar-refractivity contribution in [3.05, 3.63) is 0 Å². The first kappa shape index (κ1) is 18.4. The first-order chi connectivity index (χ1) is 11.8. The van der Waals surface area contributed by atoms with E-state index in [0.29, 0.717) is 13.1 Å². The number of nitrogens with one attached hydrogen (secondary N) is 1. The summed E-state index contributed by atoms with van der Waals surface area (Å²) in [4.78, 5) is 29.8. The Morgan fingerprint density at radius 3 is 2.36 bits per heavy atom. The van der Waals surface area contributed by atoms with Gasteiger partial charge in [0.15, 0.2) is 9.84 Å². The molecule has 3 aliphatic rings. The minimum Gasteiger partial charge on any atom is -0.348 e. The predicted molar refractivity (Wildman–Crippen MR) is 94.0 cm³/mol. The van der Waals surface area contributed by atoms with Crippen LogP contribution in [0.3, 0.4) is 0 Å². The van der Waals surface area contributed by atoms with E-state index in [9.17, 15) is 18.0 Å². The van der Waals surface area contributed by atoms with Crippen molar-refractivity contribution in [1.29, 1.82) is 0 Å². The zero-order valence-corrected chi connectivity index (χ0v) is 15.8. The maximum Gasteiger partial charge on any atom is 0.317 e. The minimum atomic E-state index is -3.20. The molecule has 0 aromatic heterocycles. The van der Waals surface area contributed by atoms with Crippen molar-refractivity contribution in [2.24, 2.45) is 0 Å². The molecular formula is C16H28N4O4S. The molecule has 1 N–H and O–H groups in total. The number of carbonyl (C=O) groups excluding carboxylic acids is 2. The fraction of sp³-hybridized carbons (Fsp3) is 0.875. The van der Waals surface area contributed by atoms with Gasteiger partial charge in [0.2, 0.25) is 5.91 Å². The Bertz CT molecular complexity index is 630. The molecule has 142 valence electrons. The molecule has 2 atom stereocenters. The maximum absolute atomic E-state index is 12.7. The predicted octanol–water partition coefficient (Wildman–Crippen LogP) is -0.490. The van der Waals surface area contributed by atoms with Crippen LogP contribution in [-0.2, 0) is 14.6 Å². The highest BCUT2D eigenvalue weighted by molar-refractivity contribution is 7.91. The van der Waals surface area contributed by atoms with Gasteiger partial charge in [0.25, 0.3) is 0 Å². The van der Waals surface area contributed by atoms with Crippen molar-refractivity contribution in [3.8, 4) is 0 Å². The normalized spacial score (nSPS) is 29.4. The summed E-state index contributed by atoms with van der Waals surface area (Å²) in [5, 5.41) is 3.06. The Morgan fingerprint density at radius 2 is 1.72 bits per heavy atom. The summed E-state index contributed by atoms with van der Waals surface area (Å²) in [5.74, 6) is -0.0412. The molecule has 3 fully saturated rings. The van der Waals surface area contributed by atoms with E-state index >= 15 is 0 Å². The first-order valence-electron chi connectivity index (χ1n) is 8.98. The molecule has 8 nitrogen and oxygen atoms in total. The van der Waals surface area contributed by atoms with Gasteiger partial charge in [0.1, 0.15) is 0 Å². The van der Waals surface area contributed by atoms with Crippen LogP contribution in [0.2, 0.25) is 0 Å². The van der Waals surface area contributed by atoms with Gasteiger partial charge in [-0.05, 0) is 12.8 Å². The van der Waals surface area contributed by atoms with E-state index in [4.69, 9.17) is 0 Å². The summed E-state index contributed by atoms with van der Waals surface area (Å²) in [5.41, 5.74) is 0. The van der Waals surface area contributed by atoms with Gasteiger partial charge in [0.05, 0.1) is 24.1 Å². The fourth-order valence-electron chi connectivity index (χ4n) is 4.12. The van der Waals surface area contributed by atoms with Crippen LogP contribution >= 0.6 is 0 Å². The van der Waals surface area contributed by atoms with E-state index in [1.165, 1.54) is 4.90 Å². The topological polar surface area (TPSA) is 90.0 Å². The number of piperazine rings is 1. The average Bonchev–Trinajstić information content (AvgIpc) is 3.13. The number of nitrogens with zero attached hydrogens (tertiary/aromatic N) is 3. The molecule has 0 spiro atoms. The van der Waals surface area contributed by atoms with Gasteiger partial charge < -0.3 is 15.1 Å². The molecule has 3 rings (SSSR count). The highest BCUT2D eigenvalue weighted by Crippen LogP contribution is 2.27. The highest BCUT2D eigenvalue weighted by Gasteiger charge is 2.48. The Kier molecular flexibility index (Phi) is 5.24. The van der Waals surface area contributed by atoms with Crippen LogP contribution in [0.4, 0.5) is 4.79 Å². The molecule has 0 radical (unpaired) electrons. The molecule has 2 saturated heterocycles. The Hall–Kier alpha value is -1.35. The smallest absolute Gasteiger partial charge is 0.317 e. The zero-order chi connectivity index (χ0) is 18.2. The third-order valence-electron chi connectivity index (χ3n) is 5.57. The number of rotatable bonds is 3. The quantitative estimate of drug-likeness (QED) is 0.722. The molecule has 0 aromatic carbocycles. The summed E-state index contributed by atoms with van der Waals surface area (Å²) in [6, 6.07) is -0.609. The van der Waals surface area contributed by atoms with Gasteiger partial charge in [-0.2, -0.15) is 0 Å². The molecule has 9 heteroatoms. The summed E-state index contributed by atoms with van der Waals surface area (Å²) < 4.78 is 24.4. The second-order valence-electron chi connectivity index (χ2n) is 7.59. The second kappa shape index (κ2) is 7.11. The average molecular weight is 372 g/mol. The molecule has 2 heterocycles. The van der Waals surface area contributed by atoms with Crippen molar-refractivity contribution in [2.75, 3.05) is 45.2 Å². The molecular weight excluding hydrogens is 344 g/mol. The lowest BCUT2D eigenvalue weighted by Gasteiger charge is -2.44. The number of likely N-dealkylation sites (N-methyl/N-ethyl adjacent to an activating group) is 1. The van der Waals surface area contributed by atoms with Gasteiger partial charge in [-0.25, -0.2) is 13.2 Å². The second-order valence-corrected chi connectivity index (χ2v) is 9.75. The van der Waals surface area contributed by atoms with Gasteiger partial charge in [-0.15, -0.1) is 0 Å². The summed E-state index contributed by atoms with van der Waals surface area (Å²) >= 11 is 0. The number of sulfone groups is 1. The van der Waals surface area contributed by atoms with Gasteiger partial charge in [-0.1, -0.05) is 12.8 Å². The zero-order valence-electron chi connectivity index (χ0n) is 15.0. The lowest BCUT2D eigenvalue weighted by molar-refractivity contribution is -0.131. The lowest BCUT2D eigenvalue weighted by Crippen LogP contribution is -2.63. The van der Waals surface area contributed by atoms with Crippen LogP contribution in [0.1, 0.15) is 25.7 Å². The van der Waals surface area contributed by atoms with E-state index in [1.807, 2.05) is 4.90 Å². The molecule has 3 amide bonds. The monoisotopic (exact) mass is 372 g/mol. The van der Waals surface area contributed by atoms with E-state index < -0.39 is 9.84 Å². The summed E-state index contributed by atoms with van der Waals surface area (Å²) in [6.07, 6.45) is 4.25. The van der Waals surface area contributed by atoms with Crippen molar-refractivity contribution >= 4 is 21.8 Å². The molecule has 1 saturated carbocycles. The SMILES string of the molecule is CN(C)C(=O)CN1CCN(C(=O)NC2CCCC2)[C@@H]2CS(=O)(=O)C[C@@H]21. The van der Waals surface area contributed by atoms with Gasteiger partial charge >= 0.3 is 6.03 Å². The van der Waals surface area contributed by atoms with Gasteiger partial charge in [-0.3, -0.25) is 9.69 Å². The fourth-order valence-corrected chi connectivity index (χ4v) is 6.13. The minimum absolute atomic E-state index is 0.0115. The number of hydrogen-bond acceptors (Lipinski definition) is 5. The Morgan fingerprint density at radius 1 is 1.08 bits per heavy atom. The van der Waals surface area contributed by atoms with E-state index in [2.05, 4.69) is 5.32 Å². The number of hydrogen-bond donors (Lipinski definition) is 1.